The second kappa shape index (κ2) is 11.6. The van der Waals surface area contributed by atoms with Crippen molar-refractivity contribution >= 4 is 5.78 Å². The largest absolute Gasteiger partial charge is 0.465 e. The lowest BCUT2D eigenvalue weighted by atomic mass is 9.76. The first-order chi connectivity index (χ1) is 17.9. The Morgan fingerprint density at radius 2 is 1.87 bits per heavy atom. The van der Waals surface area contributed by atoms with Crippen LogP contribution in [0.1, 0.15) is 67.2 Å². The first-order valence-electron chi connectivity index (χ1n) is 13.3. The predicted octanol–water partition coefficient (Wildman–Crippen LogP) is 5.07. The molecule has 2 aromatic heterocycles. The van der Waals surface area contributed by atoms with Crippen LogP contribution in [-0.2, 0) is 19.9 Å². The molecule has 1 fully saturated rings. The Balaban J connectivity index is 1.24. The number of carbonyl (C=O) groups excluding carboxylic acids is 1. The molecule has 0 radical (unpaired) electrons. The van der Waals surface area contributed by atoms with E-state index in [1.807, 2.05) is 0 Å². The smallest absolute Gasteiger partial charge is 0.425 e. The fraction of sp³-hybridized carbons (Fsp3) is 0.607. The molecule has 38 heavy (non-hydrogen) atoms. The minimum Gasteiger partial charge on any atom is -0.465 e. The number of fused-ring (bicyclic) bond motifs is 1. The Bertz CT molecular complexity index is 1190. The van der Waals surface area contributed by atoms with Gasteiger partial charge in [-0.15, -0.1) is 0 Å². The van der Waals surface area contributed by atoms with E-state index in [0.717, 1.165) is 24.7 Å². The van der Waals surface area contributed by atoms with Gasteiger partial charge in [0.25, 0.3) is 5.56 Å². The quantitative estimate of drug-likeness (QED) is 0.348. The third-order valence-electron chi connectivity index (χ3n) is 7.99. The molecule has 1 atom stereocenters. The summed E-state index contributed by atoms with van der Waals surface area (Å²) in [6.07, 6.45) is -2.31. The van der Waals surface area contributed by atoms with Gasteiger partial charge in [0, 0.05) is 57.4 Å². The number of hydrogen-bond acceptors (Lipinski definition) is 5. The molecule has 6 nitrogen and oxygen atoms in total. The minimum absolute atomic E-state index is 0.0329. The molecule has 1 aliphatic heterocycles. The fourth-order valence-electron chi connectivity index (χ4n) is 5.36. The van der Waals surface area contributed by atoms with Gasteiger partial charge in [0.05, 0.1) is 5.69 Å². The Labute approximate surface area is 220 Å². The van der Waals surface area contributed by atoms with Gasteiger partial charge in [-0.25, -0.2) is 9.37 Å². The first-order valence-corrected chi connectivity index (χ1v) is 13.3. The van der Waals surface area contributed by atoms with Crippen molar-refractivity contribution in [1.82, 2.24) is 14.5 Å². The number of aromatic nitrogens is 2. The molecule has 208 valence electrons. The summed E-state index contributed by atoms with van der Waals surface area (Å²) in [5.74, 6) is -0.00731. The maximum atomic E-state index is 15.6. The van der Waals surface area contributed by atoms with Crippen LogP contribution in [0.4, 0.5) is 17.6 Å². The zero-order valence-electron chi connectivity index (χ0n) is 21.9. The standard InChI is InChI=1S/C28H35F4N3O3/c1-19(28(30,31)32)38-25-7-6-21-10-15-35(16-11-22(21)33-25)17-14-27(29)12-8-20(9-13-27)18-24(36)23-4-3-5-26(37)34(23)2/h3-7,19-20H,8-18H2,1-2H3/t19-,20?,27?/m1/s1. The lowest BCUT2D eigenvalue weighted by Crippen LogP contribution is -2.36. The van der Waals surface area contributed by atoms with Crippen molar-refractivity contribution in [3.63, 3.8) is 0 Å². The van der Waals surface area contributed by atoms with Crippen LogP contribution in [0.5, 0.6) is 5.88 Å². The molecular formula is C28H35F4N3O3. The Morgan fingerprint density at radius 1 is 1.16 bits per heavy atom. The summed E-state index contributed by atoms with van der Waals surface area (Å²) in [6.45, 7) is 2.94. The highest BCUT2D eigenvalue weighted by Crippen LogP contribution is 2.39. The normalized spacial score (nSPS) is 23.4. The zero-order valence-corrected chi connectivity index (χ0v) is 21.9. The molecule has 0 N–H and O–H groups in total. The highest BCUT2D eigenvalue weighted by molar-refractivity contribution is 5.94. The van der Waals surface area contributed by atoms with E-state index in [0.29, 0.717) is 70.2 Å². The van der Waals surface area contributed by atoms with E-state index in [4.69, 9.17) is 4.74 Å². The van der Waals surface area contributed by atoms with Gasteiger partial charge < -0.3 is 14.2 Å². The first kappa shape index (κ1) is 28.3. The van der Waals surface area contributed by atoms with Crippen LogP contribution in [0.2, 0.25) is 0 Å². The highest BCUT2D eigenvalue weighted by atomic mass is 19.4. The average Bonchev–Trinajstić information content (AvgIpc) is 3.07. The molecule has 2 aromatic rings. The molecule has 10 heteroatoms. The lowest BCUT2D eigenvalue weighted by Gasteiger charge is -2.35. The average molecular weight is 538 g/mol. The Hall–Kier alpha value is -2.75. The lowest BCUT2D eigenvalue weighted by molar-refractivity contribution is -0.190. The number of hydrogen-bond donors (Lipinski definition) is 0. The van der Waals surface area contributed by atoms with Crippen LogP contribution in [0.15, 0.2) is 35.1 Å². The van der Waals surface area contributed by atoms with Gasteiger partial charge in [0.15, 0.2) is 11.9 Å². The van der Waals surface area contributed by atoms with Crippen molar-refractivity contribution in [2.24, 2.45) is 13.0 Å². The summed E-state index contributed by atoms with van der Waals surface area (Å²) in [7, 11) is 1.58. The van der Waals surface area contributed by atoms with Crippen molar-refractivity contribution in [3.8, 4) is 5.88 Å². The van der Waals surface area contributed by atoms with Crippen LogP contribution in [-0.4, -0.2) is 57.8 Å². The molecule has 0 bridgehead atoms. The number of rotatable bonds is 8. The van der Waals surface area contributed by atoms with Gasteiger partial charge in [-0.05, 0) is 63.0 Å². The molecule has 1 aliphatic carbocycles. The maximum absolute atomic E-state index is 15.6. The monoisotopic (exact) mass is 537 g/mol. The van der Waals surface area contributed by atoms with E-state index < -0.39 is 17.9 Å². The highest BCUT2D eigenvalue weighted by Gasteiger charge is 2.39. The second-order valence-electron chi connectivity index (χ2n) is 10.7. The van der Waals surface area contributed by atoms with E-state index in [2.05, 4.69) is 9.88 Å². The topological polar surface area (TPSA) is 64.4 Å². The van der Waals surface area contributed by atoms with Gasteiger partial charge in [0.2, 0.25) is 5.88 Å². The summed E-state index contributed by atoms with van der Waals surface area (Å²) in [6, 6.07) is 7.91. The summed E-state index contributed by atoms with van der Waals surface area (Å²) < 4.78 is 60.4. The molecule has 0 aromatic carbocycles. The van der Waals surface area contributed by atoms with Gasteiger partial charge in [-0.3, -0.25) is 9.59 Å². The summed E-state index contributed by atoms with van der Waals surface area (Å²) >= 11 is 0. The molecular weight excluding hydrogens is 502 g/mol. The summed E-state index contributed by atoms with van der Waals surface area (Å²) in [4.78, 5) is 31.0. The number of ether oxygens (including phenoxy) is 1. The second-order valence-corrected chi connectivity index (χ2v) is 10.7. The van der Waals surface area contributed by atoms with E-state index >= 15 is 4.39 Å². The minimum atomic E-state index is -4.45. The zero-order chi connectivity index (χ0) is 27.5. The van der Waals surface area contributed by atoms with E-state index in [1.165, 1.54) is 16.7 Å². The summed E-state index contributed by atoms with van der Waals surface area (Å²) in [5.41, 5.74) is 0.607. The summed E-state index contributed by atoms with van der Waals surface area (Å²) in [5, 5.41) is 0. The van der Waals surface area contributed by atoms with Crippen LogP contribution >= 0.6 is 0 Å². The van der Waals surface area contributed by atoms with Gasteiger partial charge in [-0.2, -0.15) is 13.2 Å². The van der Waals surface area contributed by atoms with Crippen molar-refractivity contribution < 1.29 is 27.1 Å². The molecule has 0 unspecified atom stereocenters. The maximum Gasteiger partial charge on any atom is 0.425 e. The fourth-order valence-corrected chi connectivity index (χ4v) is 5.36. The number of ketones is 1. The molecule has 0 spiro atoms. The number of alkyl halides is 4. The van der Waals surface area contributed by atoms with Crippen molar-refractivity contribution in [2.75, 3.05) is 19.6 Å². The van der Waals surface area contributed by atoms with Crippen LogP contribution in [0.25, 0.3) is 0 Å². The number of nitrogens with zero attached hydrogens (tertiary/aromatic N) is 3. The molecule has 0 amide bonds. The van der Waals surface area contributed by atoms with E-state index in [9.17, 15) is 22.8 Å². The number of pyridine rings is 2. The third-order valence-corrected chi connectivity index (χ3v) is 7.99. The third kappa shape index (κ3) is 7.01. The van der Waals surface area contributed by atoms with Crippen molar-refractivity contribution in [1.29, 1.82) is 0 Å². The SMILES string of the molecule is C[C@@H](Oc1ccc2c(n1)CCN(CCC1(F)CCC(CC(=O)c3cccc(=O)n3C)CC1)CC2)C(F)(F)F. The molecule has 0 saturated heterocycles. The van der Waals surface area contributed by atoms with Gasteiger partial charge in [0.1, 0.15) is 5.67 Å². The molecule has 3 heterocycles. The molecule has 4 rings (SSSR count). The number of carbonyl (C=O) groups is 1. The number of halogens is 4. The van der Waals surface area contributed by atoms with Crippen molar-refractivity contribution in [2.45, 2.75) is 76.2 Å². The van der Waals surface area contributed by atoms with Crippen LogP contribution in [0, 0.1) is 5.92 Å². The Morgan fingerprint density at radius 3 is 2.58 bits per heavy atom. The van der Waals surface area contributed by atoms with Crippen LogP contribution < -0.4 is 10.3 Å². The number of Topliss-reactive ketones (excluding diaryl/α,β-unsaturated/α-hetero) is 1. The molecule has 2 aliphatic rings. The van der Waals surface area contributed by atoms with E-state index in [-0.39, 0.29) is 23.1 Å². The van der Waals surface area contributed by atoms with Gasteiger partial charge >= 0.3 is 6.18 Å². The van der Waals surface area contributed by atoms with Crippen LogP contribution in [0.3, 0.4) is 0 Å². The Kier molecular flexibility index (Phi) is 8.59. The van der Waals surface area contributed by atoms with Gasteiger partial charge in [-0.1, -0.05) is 12.1 Å². The van der Waals surface area contributed by atoms with E-state index in [1.54, 1.807) is 25.2 Å². The predicted molar refractivity (Wildman–Crippen MR) is 135 cm³/mol. The molecule has 1 saturated carbocycles. The van der Waals surface area contributed by atoms with Crippen molar-refractivity contribution in [3.05, 3.63) is 57.6 Å².